The SMILES string of the molecule is C[C@H](C/C=C/C(=O)CCCCN(Cc1ccccc1)C(=O)OC(C)(C)C)CC(=O)CCCCN(Cc1ccccc1)C(=O)OC(C)(C)C. The highest BCUT2D eigenvalue weighted by molar-refractivity contribution is 5.89. The molecule has 264 valence electrons. The zero-order valence-electron chi connectivity index (χ0n) is 30.3. The number of ketones is 2. The van der Waals surface area contributed by atoms with E-state index in [1.165, 1.54) is 0 Å². The third-order valence-corrected chi connectivity index (χ3v) is 7.39. The van der Waals surface area contributed by atoms with Crippen LogP contribution in [-0.2, 0) is 32.2 Å². The Kier molecular flexibility index (Phi) is 17.1. The molecule has 2 aromatic carbocycles. The van der Waals surface area contributed by atoms with Gasteiger partial charge in [-0.15, -0.1) is 0 Å². The number of carbonyl (C=O) groups excluding carboxylic acids is 4. The van der Waals surface area contributed by atoms with Crippen LogP contribution in [0.15, 0.2) is 72.8 Å². The normalized spacial score (nSPS) is 12.4. The maximum Gasteiger partial charge on any atom is 0.410 e. The van der Waals surface area contributed by atoms with Crippen LogP contribution in [0.2, 0.25) is 0 Å². The highest BCUT2D eigenvalue weighted by Gasteiger charge is 2.23. The van der Waals surface area contributed by atoms with Gasteiger partial charge in [0.05, 0.1) is 0 Å². The van der Waals surface area contributed by atoms with Gasteiger partial charge in [0, 0.05) is 45.4 Å². The standard InChI is InChI=1S/C40H58N2O6/c1-32(29-36(44)25-15-17-28-42(38(46)48-40(5,6)7)31-34-22-12-9-13-23-34)19-18-26-35(43)24-14-16-27-41(37(45)47-39(2,3)4)30-33-20-10-8-11-21-33/h8-13,18,20-23,26,32H,14-17,19,24-25,27-31H2,1-7H3/b26-18+/t32-/m1/s1. The topological polar surface area (TPSA) is 93.2 Å². The summed E-state index contributed by atoms with van der Waals surface area (Å²) in [6, 6.07) is 19.6. The maximum absolute atomic E-state index is 12.8. The van der Waals surface area contributed by atoms with Crippen molar-refractivity contribution in [3.05, 3.63) is 83.9 Å². The predicted octanol–water partition coefficient (Wildman–Crippen LogP) is 9.31. The number of rotatable bonds is 19. The van der Waals surface area contributed by atoms with E-state index in [1.807, 2.05) is 115 Å². The smallest absolute Gasteiger partial charge is 0.410 e. The van der Waals surface area contributed by atoms with Crippen molar-refractivity contribution in [3.8, 4) is 0 Å². The fraction of sp³-hybridized carbons (Fsp3) is 0.550. The van der Waals surface area contributed by atoms with E-state index < -0.39 is 11.2 Å². The van der Waals surface area contributed by atoms with Crippen LogP contribution >= 0.6 is 0 Å². The van der Waals surface area contributed by atoms with E-state index in [4.69, 9.17) is 9.47 Å². The second-order valence-electron chi connectivity index (χ2n) is 14.6. The van der Waals surface area contributed by atoms with Gasteiger partial charge in [-0.25, -0.2) is 9.59 Å². The van der Waals surface area contributed by atoms with Crippen LogP contribution in [0.1, 0.15) is 111 Å². The largest absolute Gasteiger partial charge is 0.444 e. The van der Waals surface area contributed by atoms with E-state index in [1.54, 1.807) is 15.9 Å². The Balaban J connectivity index is 1.70. The molecule has 8 nitrogen and oxygen atoms in total. The van der Waals surface area contributed by atoms with Crippen LogP contribution in [-0.4, -0.2) is 57.8 Å². The fourth-order valence-electron chi connectivity index (χ4n) is 5.05. The first-order chi connectivity index (χ1) is 22.6. The van der Waals surface area contributed by atoms with Crippen LogP contribution < -0.4 is 0 Å². The molecule has 8 heteroatoms. The van der Waals surface area contributed by atoms with E-state index in [0.29, 0.717) is 77.5 Å². The summed E-state index contributed by atoms with van der Waals surface area (Å²) >= 11 is 0. The third-order valence-electron chi connectivity index (χ3n) is 7.39. The average molecular weight is 663 g/mol. The molecule has 0 saturated carbocycles. The lowest BCUT2D eigenvalue weighted by atomic mass is 9.98. The fourth-order valence-corrected chi connectivity index (χ4v) is 5.05. The van der Waals surface area contributed by atoms with E-state index in [0.717, 1.165) is 11.1 Å². The van der Waals surface area contributed by atoms with Gasteiger partial charge in [0.2, 0.25) is 0 Å². The van der Waals surface area contributed by atoms with Gasteiger partial charge in [0.15, 0.2) is 5.78 Å². The molecule has 0 spiro atoms. The van der Waals surface area contributed by atoms with Gasteiger partial charge in [-0.1, -0.05) is 73.7 Å². The van der Waals surface area contributed by atoms with Gasteiger partial charge < -0.3 is 19.3 Å². The molecule has 0 bridgehead atoms. The van der Waals surface area contributed by atoms with Crippen molar-refractivity contribution < 1.29 is 28.7 Å². The molecule has 0 unspecified atom stereocenters. The first kappa shape index (κ1) is 40.2. The van der Waals surface area contributed by atoms with Crippen LogP contribution in [0.4, 0.5) is 9.59 Å². The van der Waals surface area contributed by atoms with Gasteiger partial charge in [-0.2, -0.15) is 0 Å². The Labute approximate surface area is 288 Å². The Morgan fingerprint density at radius 1 is 0.667 bits per heavy atom. The minimum atomic E-state index is -0.581. The summed E-state index contributed by atoms with van der Waals surface area (Å²) in [7, 11) is 0. The number of unbranched alkanes of at least 4 members (excludes halogenated alkanes) is 2. The summed E-state index contributed by atoms with van der Waals surface area (Å²) in [6.07, 6.45) is 7.54. The van der Waals surface area contributed by atoms with E-state index in [-0.39, 0.29) is 29.7 Å². The molecule has 0 N–H and O–H groups in total. The lowest BCUT2D eigenvalue weighted by Crippen LogP contribution is -2.37. The van der Waals surface area contributed by atoms with Gasteiger partial charge in [0.25, 0.3) is 0 Å². The Morgan fingerprint density at radius 3 is 1.54 bits per heavy atom. The number of ether oxygens (including phenoxy) is 2. The molecule has 2 rings (SSSR count). The average Bonchev–Trinajstić information content (AvgIpc) is 2.99. The highest BCUT2D eigenvalue weighted by Crippen LogP contribution is 2.17. The highest BCUT2D eigenvalue weighted by atomic mass is 16.6. The minimum absolute atomic E-state index is 0.0467. The molecule has 0 fully saturated rings. The lowest BCUT2D eigenvalue weighted by molar-refractivity contribution is -0.120. The Morgan fingerprint density at radius 2 is 1.10 bits per heavy atom. The van der Waals surface area contributed by atoms with Crippen LogP contribution in [0.5, 0.6) is 0 Å². The van der Waals surface area contributed by atoms with Crippen molar-refractivity contribution in [2.24, 2.45) is 5.92 Å². The monoisotopic (exact) mass is 662 g/mol. The Hall–Kier alpha value is -3.94. The second kappa shape index (κ2) is 20.4. The van der Waals surface area contributed by atoms with Crippen molar-refractivity contribution in [2.45, 2.75) is 124 Å². The zero-order valence-corrected chi connectivity index (χ0v) is 30.3. The molecule has 0 aliphatic rings. The summed E-state index contributed by atoms with van der Waals surface area (Å²) in [5.74, 6) is 0.378. The number of carbonyl (C=O) groups is 4. The molecule has 2 aromatic rings. The van der Waals surface area contributed by atoms with Crippen molar-refractivity contribution in [1.29, 1.82) is 0 Å². The Bertz CT molecular complexity index is 1290. The molecule has 0 aliphatic carbocycles. The lowest BCUT2D eigenvalue weighted by Gasteiger charge is -2.27. The number of Topliss-reactive ketones (excluding diaryl/α,β-unsaturated/α-hetero) is 1. The third kappa shape index (κ3) is 18.4. The predicted molar refractivity (Wildman–Crippen MR) is 191 cm³/mol. The minimum Gasteiger partial charge on any atom is -0.444 e. The number of nitrogens with zero attached hydrogens (tertiary/aromatic N) is 2. The van der Waals surface area contributed by atoms with Crippen LogP contribution in [0.3, 0.4) is 0 Å². The summed E-state index contributed by atoms with van der Waals surface area (Å²) in [5.41, 5.74) is 0.898. The van der Waals surface area contributed by atoms with Gasteiger partial charge in [-0.05, 0) is 96.8 Å². The molecule has 0 radical (unpaired) electrons. The second-order valence-corrected chi connectivity index (χ2v) is 14.6. The zero-order chi connectivity index (χ0) is 35.6. The molecule has 2 amide bonds. The van der Waals surface area contributed by atoms with Gasteiger partial charge >= 0.3 is 12.2 Å². The van der Waals surface area contributed by atoms with Crippen molar-refractivity contribution >= 4 is 23.8 Å². The van der Waals surface area contributed by atoms with Crippen molar-refractivity contribution in [2.75, 3.05) is 13.1 Å². The van der Waals surface area contributed by atoms with E-state index >= 15 is 0 Å². The molecule has 0 heterocycles. The molecule has 0 saturated heterocycles. The maximum atomic E-state index is 12.8. The van der Waals surface area contributed by atoms with E-state index in [9.17, 15) is 19.2 Å². The number of amides is 2. The molecular weight excluding hydrogens is 604 g/mol. The molecule has 0 aromatic heterocycles. The van der Waals surface area contributed by atoms with Gasteiger partial charge in [-0.3, -0.25) is 9.59 Å². The quantitative estimate of drug-likeness (QED) is 0.110. The summed E-state index contributed by atoms with van der Waals surface area (Å²) in [6.45, 7) is 15.1. The first-order valence-corrected chi connectivity index (χ1v) is 17.4. The first-order valence-electron chi connectivity index (χ1n) is 17.4. The number of benzene rings is 2. The van der Waals surface area contributed by atoms with Crippen molar-refractivity contribution in [1.82, 2.24) is 9.80 Å². The molecule has 0 aliphatic heterocycles. The van der Waals surface area contributed by atoms with Crippen LogP contribution in [0.25, 0.3) is 0 Å². The summed E-state index contributed by atoms with van der Waals surface area (Å²) in [5, 5.41) is 0. The number of allylic oxidation sites excluding steroid dienone is 2. The van der Waals surface area contributed by atoms with E-state index in [2.05, 4.69) is 0 Å². The molecule has 1 atom stereocenters. The molecular formula is C40H58N2O6. The summed E-state index contributed by atoms with van der Waals surface area (Å²) in [4.78, 5) is 54.1. The van der Waals surface area contributed by atoms with Crippen LogP contribution in [0, 0.1) is 5.92 Å². The number of hydrogen-bond acceptors (Lipinski definition) is 6. The van der Waals surface area contributed by atoms with Gasteiger partial charge in [0.1, 0.15) is 17.0 Å². The molecule has 48 heavy (non-hydrogen) atoms. The van der Waals surface area contributed by atoms with Crippen molar-refractivity contribution in [3.63, 3.8) is 0 Å². The number of hydrogen-bond donors (Lipinski definition) is 0. The summed E-state index contributed by atoms with van der Waals surface area (Å²) < 4.78 is 11.2.